The van der Waals surface area contributed by atoms with Gasteiger partial charge in [-0.1, -0.05) is 24.3 Å². The maximum absolute atomic E-state index is 12.7. The Morgan fingerprint density at radius 1 is 1.00 bits per heavy atom. The average molecular weight is 437 g/mol. The second-order valence-corrected chi connectivity index (χ2v) is 11.5. The van der Waals surface area contributed by atoms with Gasteiger partial charge in [0.1, 0.15) is 0 Å². The molecule has 1 aliphatic heterocycles. The van der Waals surface area contributed by atoms with Crippen LogP contribution in [0.2, 0.25) is 0 Å². The Hall–Kier alpha value is -1.94. The second-order valence-electron chi connectivity index (χ2n) is 7.76. The van der Waals surface area contributed by atoms with Crippen LogP contribution < -0.4 is 9.03 Å². The molecule has 9 heteroatoms. The first kappa shape index (κ1) is 20.3. The molecule has 0 unspecified atom stereocenters. The summed E-state index contributed by atoms with van der Waals surface area (Å²) in [5.74, 6) is 0.107. The number of nitrogens with zero attached hydrogens (tertiary/aromatic N) is 1. The van der Waals surface area contributed by atoms with E-state index < -0.39 is 25.6 Å². The minimum absolute atomic E-state index is 0.0368. The third-order valence-electron chi connectivity index (χ3n) is 5.53. The first-order chi connectivity index (χ1) is 13.7. The molecule has 2 aromatic carbocycles. The van der Waals surface area contributed by atoms with Gasteiger partial charge in [-0.15, -0.1) is 0 Å². The van der Waals surface area contributed by atoms with E-state index in [0.717, 1.165) is 17.5 Å². The minimum atomic E-state index is -3.83. The van der Waals surface area contributed by atoms with E-state index in [-0.39, 0.29) is 17.2 Å². The van der Waals surface area contributed by atoms with E-state index >= 15 is 0 Å². The summed E-state index contributed by atoms with van der Waals surface area (Å²) in [5, 5.41) is 10.8. The van der Waals surface area contributed by atoms with Crippen LogP contribution in [-0.4, -0.2) is 46.4 Å². The molecule has 0 bridgehead atoms. The van der Waals surface area contributed by atoms with Gasteiger partial charge in [0.25, 0.3) is 0 Å². The summed E-state index contributed by atoms with van der Waals surface area (Å²) in [4.78, 5) is 0.0368. The molecule has 2 aliphatic rings. The second kappa shape index (κ2) is 7.39. The van der Waals surface area contributed by atoms with Crippen LogP contribution in [0.25, 0.3) is 0 Å². The van der Waals surface area contributed by atoms with Crippen LogP contribution in [0.15, 0.2) is 53.4 Å². The Morgan fingerprint density at radius 3 is 2.21 bits per heavy atom. The van der Waals surface area contributed by atoms with Crippen LogP contribution >= 0.6 is 0 Å². The Kier molecular flexibility index (Phi) is 5.18. The fraction of sp³-hybridized carbons (Fsp3) is 0.400. The lowest BCUT2D eigenvalue weighted by molar-refractivity contribution is 0.0567. The normalized spacial score (nSPS) is 20.4. The van der Waals surface area contributed by atoms with Crippen LogP contribution in [-0.2, 0) is 32.9 Å². The Morgan fingerprint density at radius 2 is 1.62 bits per heavy atom. The molecule has 156 valence electrons. The van der Waals surface area contributed by atoms with Crippen LogP contribution in [0.4, 0.5) is 5.69 Å². The largest absolute Gasteiger partial charge is 0.388 e. The molecule has 1 heterocycles. The maximum atomic E-state index is 12.7. The average Bonchev–Trinajstić information content (AvgIpc) is 3.03. The summed E-state index contributed by atoms with van der Waals surface area (Å²) < 4.78 is 53.6. The van der Waals surface area contributed by atoms with Crippen molar-refractivity contribution < 1.29 is 21.9 Å². The summed E-state index contributed by atoms with van der Waals surface area (Å²) in [6, 6.07) is 13.5. The molecule has 7 nitrogen and oxygen atoms in total. The van der Waals surface area contributed by atoms with Gasteiger partial charge < -0.3 is 5.11 Å². The number of nitrogens with one attached hydrogen (secondary N) is 1. The topological polar surface area (TPSA) is 104 Å². The van der Waals surface area contributed by atoms with Gasteiger partial charge in [-0.2, -0.15) is 0 Å². The van der Waals surface area contributed by atoms with Crippen molar-refractivity contribution in [3.05, 3.63) is 59.7 Å². The first-order valence-corrected chi connectivity index (χ1v) is 12.7. The summed E-state index contributed by atoms with van der Waals surface area (Å²) in [5.41, 5.74) is 1.37. The van der Waals surface area contributed by atoms with Gasteiger partial charge in [0, 0.05) is 25.9 Å². The Balaban J connectivity index is 1.46. The zero-order valence-electron chi connectivity index (χ0n) is 15.9. The van der Waals surface area contributed by atoms with Crippen LogP contribution in [0.1, 0.15) is 24.0 Å². The predicted octanol–water partition coefficient (Wildman–Crippen LogP) is 1.42. The van der Waals surface area contributed by atoms with Gasteiger partial charge in [0.05, 0.1) is 21.9 Å². The van der Waals surface area contributed by atoms with Gasteiger partial charge in [0.2, 0.25) is 20.0 Å². The highest BCUT2D eigenvalue weighted by Gasteiger charge is 2.36. The third kappa shape index (κ3) is 4.18. The lowest BCUT2D eigenvalue weighted by atomic mass is 10.0. The molecule has 0 spiro atoms. The van der Waals surface area contributed by atoms with E-state index in [1.54, 1.807) is 0 Å². The van der Waals surface area contributed by atoms with E-state index in [4.69, 9.17) is 0 Å². The maximum Gasteiger partial charge on any atom is 0.240 e. The van der Waals surface area contributed by atoms with E-state index in [0.29, 0.717) is 31.5 Å². The molecular weight excluding hydrogens is 412 g/mol. The lowest BCUT2D eigenvalue weighted by Gasteiger charge is -2.28. The minimum Gasteiger partial charge on any atom is -0.388 e. The number of aliphatic hydroxyl groups is 1. The molecule has 4 rings (SSSR count). The van der Waals surface area contributed by atoms with Gasteiger partial charge in [-0.05, 0) is 48.2 Å². The van der Waals surface area contributed by atoms with E-state index in [1.807, 2.05) is 24.3 Å². The Labute approximate surface area is 171 Å². The first-order valence-electron chi connectivity index (χ1n) is 9.58. The summed E-state index contributed by atoms with van der Waals surface area (Å²) >= 11 is 0. The van der Waals surface area contributed by atoms with Crippen LogP contribution in [0, 0.1) is 0 Å². The SMILES string of the molecule is O=S(=O)(NCC1(O)Cc2ccccc2C1)c1ccc(N2CCCCS2(=O)=O)cc1. The quantitative estimate of drug-likeness (QED) is 0.738. The smallest absolute Gasteiger partial charge is 0.240 e. The highest BCUT2D eigenvalue weighted by molar-refractivity contribution is 7.92. The third-order valence-corrected chi connectivity index (χ3v) is 8.82. The van der Waals surface area contributed by atoms with Gasteiger partial charge >= 0.3 is 0 Å². The van der Waals surface area contributed by atoms with Crippen molar-refractivity contribution in [3.8, 4) is 0 Å². The van der Waals surface area contributed by atoms with Crippen LogP contribution in [0.3, 0.4) is 0 Å². The molecule has 2 aromatic rings. The molecule has 0 atom stereocenters. The zero-order chi connectivity index (χ0) is 20.7. The highest BCUT2D eigenvalue weighted by atomic mass is 32.2. The van der Waals surface area contributed by atoms with E-state index in [1.165, 1.54) is 28.6 Å². The van der Waals surface area contributed by atoms with Crippen molar-refractivity contribution in [3.63, 3.8) is 0 Å². The van der Waals surface area contributed by atoms with E-state index in [9.17, 15) is 21.9 Å². The standard InChI is InChI=1S/C20H24N2O5S2/c23-20(13-16-5-1-2-6-17(16)14-20)15-21-29(26,27)19-9-7-18(8-10-19)22-11-3-4-12-28(22,24)25/h1-2,5-10,21,23H,3-4,11-15H2. The predicted molar refractivity (Wildman–Crippen MR) is 111 cm³/mol. The molecule has 0 aromatic heterocycles. The number of benzene rings is 2. The van der Waals surface area contributed by atoms with Gasteiger partial charge in [-0.25, -0.2) is 21.6 Å². The number of fused-ring (bicyclic) bond motifs is 1. The monoisotopic (exact) mass is 436 g/mol. The van der Waals surface area contributed by atoms with Gasteiger partial charge in [-0.3, -0.25) is 4.31 Å². The molecule has 1 aliphatic carbocycles. The molecule has 0 amide bonds. The number of hydrogen-bond donors (Lipinski definition) is 2. The van der Waals surface area contributed by atoms with Crippen molar-refractivity contribution in [1.29, 1.82) is 0 Å². The van der Waals surface area contributed by atoms with Crippen molar-refractivity contribution in [2.45, 2.75) is 36.2 Å². The van der Waals surface area contributed by atoms with E-state index in [2.05, 4.69) is 4.72 Å². The molecule has 0 saturated carbocycles. The zero-order valence-corrected chi connectivity index (χ0v) is 17.5. The number of rotatable bonds is 5. The van der Waals surface area contributed by atoms with Crippen molar-refractivity contribution in [1.82, 2.24) is 4.72 Å². The van der Waals surface area contributed by atoms with Crippen molar-refractivity contribution in [2.24, 2.45) is 0 Å². The van der Waals surface area contributed by atoms with Crippen LogP contribution in [0.5, 0.6) is 0 Å². The molecule has 0 radical (unpaired) electrons. The molecule has 1 saturated heterocycles. The molecular formula is C20H24N2O5S2. The molecule has 29 heavy (non-hydrogen) atoms. The summed E-state index contributed by atoms with van der Waals surface area (Å²) in [6.45, 7) is 0.312. The lowest BCUT2D eigenvalue weighted by Crippen LogP contribution is -2.43. The molecule has 2 N–H and O–H groups in total. The highest BCUT2D eigenvalue weighted by Crippen LogP contribution is 2.30. The van der Waals surface area contributed by atoms with Gasteiger partial charge in [0.15, 0.2) is 0 Å². The van der Waals surface area contributed by atoms with Crippen molar-refractivity contribution >= 4 is 25.7 Å². The summed E-state index contributed by atoms with van der Waals surface area (Å²) in [6.07, 6.45) is 2.22. The molecule has 1 fully saturated rings. The number of anilines is 1. The van der Waals surface area contributed by atoms with Crippen molar-refractivity contribution in [2.75, 3.05) is 23.1 Å². The fourth-order valence-electron chi connectivity index (χ4n) is 3.98. The summed E-state index contributed by atoms with van der Waals surface area (Å²) in [7, 11) is -7.17. The Bertz CT molecular complexity index is 1090. The number of hydrogen-bond acceptors (Lipinski definition) is 5. The fourth-order valence-corrected chi connectivity index (χ4v) is 6.74. The number of sulfonamides is 2.